The van der Waals surface area contributed by atoms with E-state index in [2.05, 4.69) is 43.9 Å². The van der Waals surface area contributed by atoms with Gasteiger partial charge in [-0.05, 0) is 335 Å². The van der Waals surface area contributed by atoms with Crippen LogP contribution in [0.15, 0.2) is 127 Å². The predicted molar refractivity (Wildman–Crippen MR) is 444 cm³/mol. The molecular weight excluding hydrogens is 1480 g/mol. The topological polar surface area (TPSA) is 124 Å². The van der Waals surface area contributed by atoms with Gasteiger partial charge in [-0.25, -0.2) is 9.18 Å². The van der Waals surface area contributed by atoms with Crippen LogP contribution in [0.5, 0.6) is 28.7 Å². The number of ketones is 1. The maximum Gasteiger partial charge on any atom is 0.416 e. The number of piperidine rings is 4. The highest BCUT2D eigenvalue weighted by Gasteiger charge is 2.48. The van der Waals surface area contributed by atoms with Gasteiger partial charge in [0.25, 0.3) is 0 Å². The number of Topliss-reactive ketones (excluding diaryl/α,β-unsaturated/α-hetero) is 1. The summed E-state index contributed by atoms with van der Waals surface area (Å²) in [5, 5.41) is 0.806. The molecule has 0 radical (unpaired) electrons. The smallest absolute Gasteiger partial charge is 0.416 e. The van der Waals surface area contributed by atoms with Gasteiger partial charge in [0.15, 0.2) is 12.4 Å². The number of benzene rings is 6. The monoisotopic (exact) mass is 1610 g/mol. The number of carbonyl (C=O) groups is 2. The second-order valence-electron chi connectivity index (χ2n) is 34.7. The molecule has 17 rings (SSSR count). The lowest BCUT2D eigenvalue weighted by Gasteiger charge is -2.44. The highest BCUT2D eigenvalue weighted by Crippen LogP contribution is 2.51. The SMILES string of the molecule is CCOC(=O)N1C2CCC(N3CCC(OC)(c4cc(F)ccc4OC)CC3)CC1CC2.COc1ccc(-c2ccc(C(F)(F)F)cc2)cc1C1CCN([C@H]2C[C@H]3CCC2C3)CC1.COc1ccc(Cl)cc1C1CCN(CC2CCOCC2)CC1.COc1cccc(C(=O)COc2ccccc2C2CCN([C@H]3C[C@H]4CCC3C4)CC2)c1. The fourth-order valence-electron chi connectivity index (χ4n) is 22.2. The summed E-state index contributed by atoms with van der Waals surface area (Å²) < 4.78 is 97.5. The van der Waals surface area contributed by atoms with Crippen LogP contribution in [-0.2, 0) is 26.0 Å². The van der Waals surface area contributed by atoms with E-state index in [1.165, 1.54) is 145 Å². The Balaban J connectivity index is 0.000000128. The van der Waals surface area contributed by atoms with Crippen molar-refractivity contribution in [2.45, 2.75) is 214 Å². The van der Waals surface area contributed by atoms with Crippen LogP contribution in [0.25, 0.3) is 11.1 Å². The molecule has 4 aliphatic carbocycles. The molecule has 7 heterocycles. The van der Waals surface area contributed by atoms with Crippen LogP contribution in [0.2, 0.25) is 5.02 Å². The number of amides is 1. The molecule has 7 aliphatic heterocycles. The van der Waals surface area contributed by atoms with E-state index in [0.29, 0.717) is 53.5 Å². The van der Waals surface area contributed by atoms with Crippen LogP contribution in [0.1, 0.15) is 211 Å². The lowest BCUT2D eigenvalue weighted by atomic mass is 9.82. The Morgan fingerprint density at radius 2 is 1.09 bits per heavy atom. The molecule has 6 aromatic carbocycles. The first-order valence-electron chi connectivity index (χ1n) is 43.3. The van der Waals surface area contributed by atoms with Crippen LogP contribution in [0.4, 0.5) is 22.4 Å². The van der Waals surface area contributed by atoms with Crippen molar-refractivity contribution in [3.63, 3.8) is 0 Å². The minimum Gasteiger partial charge on any atom is -0.497 e. The molecule has 11 fully saturated rings. The zero-order valence-corrected chi connectivity index (χ0v) is 69.6. The maximum absolute atomic E-state index is 14.0. The standard InChI is InChI=1S/C27H33NO3.C26H30F3NO.C24H35FN2O4.C18H26ClNO2/c1-30-23-6-4-5-22(17-23)26(29)18-31-27-8-3-2-7-24(27)20-11-13-28(14-12-20)25-16-19-9-10-21(25)15-19;1-31-25-9-6-20(18-4-7-22(8-5-18)26(27,28)29)16-23(25)19-10-12-30(13-11-19)24-15-17-2-3-21(24)14-17;1-4-31-23(28)27-18-6-8-19(16-20(27)9-7-18)26-13-11-24(30-3,12-14-26)21-15-17(25)5-10-22(21)29-2;1-21-18-3-2-16(19)12-17(18)15-4-8-20(9-5-15)13-14-6-10-22-11-7-14/h2-8,17,19-21,25H,9-16,18H2,1H3;4-9,16-17,19,21,24H,2-3,10-15H2,1H3;5,10,15,18-20H,4,6-9,11-14,16H2,1-3H3;2-3,12,14-15H,4-11,13H2,1H3/t19-,21?,25-;17-,21?,24-;;/m00../s1. The number of methoxy groups -OCH3 is 5. The van der Waals surface area contributed by atoms with Crippen molar-refractivity contribution in [1.29, 1.82) is 0 Å². The predicted octanol–water partition coefficient (Wildman–Crippen LogP) is 20.3. The van der Waals surface area contributed by atoms with E-state index >= 15 is 0 Å². The molecule has 1 amide bonds. The second kappa shape index (κ2) is 39.3. The average molecular weight is 1610 g/mol. The highest BCUT2D eigenvalue weighted by atomic mass is 35.5. The number of hydrogen-bond acceptors (Lipinski definition) is 14. The minimum absolute atomic E-state index is 0.0280. The van der Waals surface area contributed by atoms with Crippen molar-refractivity contribution in [1.82, 2.24) is 24.5 Å². The molecule has 20 heteroatoms. The Morgan fingerprint density at radius 3 is 1.67 bits per heavy atom. The van der Waals surface area contributed by atoms with Gasteiger partial charge >= 0.3 is 12.3 Å². The Labute approximate surface area is 685 Å². The van der Waals surface area contributed by atoms with Gasteiger partial charge in [0.05, 0.1) is 46.2 Å². The molecule has 5 unspecified atom stereocenters. The molecule has 6 aromatic rings. The zero-order chi connectivity index (χ0) is 80.2. The number of carbonyl (C=O) groups excluding carboxylic acids is 2. The molecule has 7 saturated heterocycles. The molecule has 0 N–H and O–H groups in total. The van der Waals surface area contributed by atoms with E-state index in [0.717, 1.165) is 190 Å². The molecule has 9 atom stereocenters. The van der Waals surface area contributed by atoms with Gasteiger partial charge in [-0.1, -0.05) is 73.0 Å². The quantitative estimate of drug-likeness (QED) is 0.0532. The first-order valence-corrected chi connectivity index (χ1v) is 43.7. The van der Waals surface area contributed by atoms with E-state index in [1.54, 1.807) is 65.9 Å². The van der Waals surface area contributed by atoms with Crippen LogP contribution in [0.3, 0.4) is 0 Å². The number of hydrogen-bond donors (Lipinski definition) is 0. The minimum atomic E-state index is -4.31. The number of likely N-dealkylation sites (tertiary alicyclic amines) is 4. The molecule has 11 aliphatic rings. The van der Waals surface area contributed by atoms with Crippen LogP contribution in [-0.4, -0.2) is 187 Å². The number of rotatable bonds is 20. The molecule has 624 valence electrons. The Hall–Kier alpha value is -6.97. The first-order chi connectivity index (χ1) is 55.9. The van der Waals surface area contributed by atoms with Gasteiger partial charge in [0, 0.05) is 86.3 Å². The summed E-state index contributed by atoms with van der Waals surface area (Å²) in [5.41, 5.74) is 5.74. The Bertz CT molecular complexity index is 4130. The summed E-state index contributed by atoms with van der Waals surface area (Å²) in [6.45, 7) is 14.2. The van der Waals surface area contributed by atoms with Crippen molar-refractivity contribution in [2.75, 3.05) is 121 Å². The van der Waals surface area contributed by atoms with E-state index in [-0.39, 0.29) is 30.3 Å². The molecule has 115 heavy (non-hydrogen) atoms. The van der Waals surface area contributed by atoms with Crippen molar-refractivity contribution in [3.05, 3.63) is 172 Å². The van der Waals surface area contributed by atoms with Crippen LogP contribution < -0.4 is 23.7 Å². The molecular formula is C95H124ClF4N5O10. The fourth-order valence-corrected chi connectivity index (χ4v) is 22.4. The number of para-hydroxylation sites is 1. The van der Waals surface area contributed by atoms with Gasteiger partial charge in [-0.15, -0.1) is 0 Å². The van der Waals surface area contributed by atoms with Gasteiger partial charge in [0.2, 0.25) is 0 Å². The summed E-state index contributed by atoms with van der Waals surface area (Å²) in [7, 11) is 8.37. The van der Waals surface area contributed by atoms with Crippen molar-refractivity contribution in [2.24, 2.45) is 29.6 Å². The van der Waals surface area contributed by atoms with Crippen LogP contribution >= 0.6 is 11.6 Å². The van der Waals surface area contributed by atoms with Crippen molar-refractivity contribution in [3.8, 4) is 39.9 Å². The number of fused-ring (bicyclic) bond motifs is 6. The van der Waals surface area contributed by atoms with Crippen molar-refractivity contribution < 1.29 is 65.0 Å². The molecule has 4 saturated carbocycles. The average Bonchev–Trinajstić information content (AvgIpc) is 1.76. The summed E-state index contributed by atoms with van der Waals surface area (Å²) in [6, 6.07) is 40.3. The normalized spacial score (nSPS) is 26.1. The summed E-state index contributed by atoms with van der Waals surface area (Å²) in [6.07, 6.45) is 23.3. The van der Waals surface area contributed by atoms with E-state index in [4.69, 9.17) is 49.5 Å². The van der Waals surface area contributed by atoms with Gasteiger partial charge < -0.3 is 62.4 Å². The maximum atomic E-state index is 14.0. The van der Waals surface area contributed by atoms with Gasteiger partial charge in [-0.3, -0.25) is 4.79 Å². The van der Waals surface area contributed by atoms with Crippen LogP contribution in [0, 0.1) is 35.4 Å². The molecule has 0 aromatic heterocycles. The third-order valence-electron chi connectivity index (χ3n) is 28.4. The number of halogens is 5. The highest BCUT2D eigenvalue weighted by molar-refractivity contribution is 6.30. The summed E-state index contributed by atoms with van der Waals surface area (Å²) >= 11 is 6.17. The summed E-state index contributed by atoms with van der Waals surface area (Å²) in [5.74, 6) is 9.97. The molecule has 0 spiro atoms. The van der Waals surface area contributed by atoms with E-state index in [1.807, 2.05) is 66.4 Å². The Kier molecular flexibility index (Phi) is 28.9. The first kappa shape index (κ1) is 84.5. The number of ether oxygens (including phenoxy) is 8. The molecule has 15 nitrogen and oxygen atoms in total. The lowest BCUT2D eigenvalue weighted by Crippen LogP contribution is -2.49. The third-order valence-corrected chi connectivity index (χ3v) is 28.7. The second-order valence-corrected chi connectivity index (χ2v) is 35.1. The number of nitrogens with zero attached hydrogens (tertiary/aromatic N) is 5. The zero-order valence-electron chi connectivity index (χ0n) is 68.8. The number of alkyl halides is 3. The molecule has 6 bridgehead atoms. The largest absolute Gasteiger partial charge is 0.497 e. The summed E-state index contributed by atoms with van der Waals surface area (Å²) in [4.78, 5) is 37.8. The fraction of sp³-hybridized carbons (Fsp3) is 0.600. The van der Waals surface area contributed by atoms with Gasteiger partial charge in [-0.2, -0.15) is 13.2 Å². The van der Waals surface area contributed by atoms with Crippen molar-refractivity contribution >= 4 is 23.5 Å². The van der Waals surface area contributed by atoms with E-state index < -0.39 is 17.3 Å². The lowest BCUT2D eigenvalue weighted by molar-refractivity contribution is -0.137. The third kappa shape index (κ3) is 20.5. The Morgan fingerprint density at radius 1 is 0.513 bits per heavy atom. The van der Waals surface area contributed by atoms with E-state index in [9.17, 15) is 27.2 Å². The van der Waals surface area contributed by atoms with Gasteiger partial charge in [0.1, 0.15) is 34.6 Å².